The standard InChI is InChI=1S/C24H26N4O4/c1-28-13-12-25-22(28)15-21(17-5-3-2-4-6-17)27-24(30)23(29)26-18-7-9-19(10-8-18)32-20-11-14-31-16-20/h2-10,12-13,20-21H,11,14-16H2,1H3,(H,26,29)(H,27,30)/t20-,21-/m1/s1. The van der Waals surface area contributed by atoms with E-state index >= 15 is 0 Å². The molecule has 0 bridgehead atoms. The molecule has 166 valence electrons. The van der Waals surface area contributed by atoms with Gasteiger partial charge >= 0.3 is 11.8 Å². The predicted octanol–water partition coefficient (Wildman–Crippen LogP) is 2.63. The molecule has 8 heteroatoms. The van der Waals surface area contributed by atoms with Gasteiger partial charge in [-0.15, -0.1) is 0 Å². The van der Waals surface area contributed by atoms with Gasteiger partial charge in [0.25, 0.3) is 0 Å². The van der Waals surface area contributed by atoms with Crippen molar-refractivity contribution < 1.29 is 19.1 Å². The molecule has 1 fully saturated rings. The van der Waals surface area contributed by atoms with Crippen LogP contribution in [0.2, 0.25) is 0 Å². The lowest BCUT2D eigenvalue weighted by molar-refractivity contribution is -0.136. The normalized spacial score (nSPS) is 16.3. The van der Waals surface area contributed by atoms with Crippen LogP contribution in [0, 0.1) is 0 Å². The van der Waals surface area contributed by atoms with Crippen molar-refractivity contribution in [3.8, 4) is 5.75 Å². The number of amides is 2. The molecule has 8 nitrogen and oxygen atoms in total. The van der Waals surface area contributed by atoms with Gasteiger partial charge in [0.1, 0.15) is 17.7 Å². The van der Waals surface area contributed by atoms with Gasteiger partial charge in [0.2, 0.25) is 0 Å². The second-order valence-corrected chi connectivity index (χ2v) is 7.68. The molecule has 0 unspecified atom stereocenters. The molecule has 1 aliphatic rings. The van der Waals surface area contributed by atoms with Crippen LogP contribution in [0.4, 0.5) is 5.69 Å². The lowest BCUT2D eigenvalue weighted by Crippen LogP contribution is -2.38. The number of carbonyl (C=O) groups is 2. The smallest absolute Gasteiger partial charge is 0.313 e. The number of benzene rings is 2. The minimum absolute atomic E-state index is 0.0508. The zero-order valence-electron chi connectivity index (χ0n) is 17.9. The van der Waals surface area contributed by atoms with Crippen LogP contribution >= 0.6 is 0 Å². The summed E-state index contributed by atoms with van der Waals surface area (Å²) in [6.07, 6.45) is 4.93. The van der Waals surface area contributed by atoms with E-state index in [0.29, 0.717) is 31.1 Å². The van der Waals surface area contributed by atoms with Crippen LogP contribution in [0.3, 0.4) is 0 Å². The second-order valence-electron chi connectivity index (χ2n) is 7.68. The molecule has 2 atom stereocenters. The Morgan fingerprint density at radius 1 is 1.16 bits per heavy atom. The summed E-state index contributed by atoms with van der Waals surface area (Å²) in [5, 5.41) is 5.47. The summed E-state index contributed by atoms with van der Waals surface area (Å²) in [6, 6.07) is 16.1. The van der Waals surface area contributed by atoms with E-state index in [1.807, 2.05) is 48.1 Å². The number of imidazole rings is 1. The van der Waals surface area contributed by atoms with Crippen LogP contribution in [-0.4, -0.2) is 40.7 Å². The minimum atomic E-state index is -0.733. The molecule has 0 aliphatic carbocycles. The second kappa shape index (κ2) is 10.1. The van der Waals surface area contributed by atoms with Crippen LogP contribution in [0.1, 0.15) is 23.9 Å². The zero-order valence-corrected chi connectivity index (χ0v) is 17.9. The van der Waals surface area contributed by atoms with E-state index in [2.05, 4.69) is 15.6 Å². The maximum Gasteiger partial charge on any atom is 0.313 e. The number of rotatable bonds is 7. The minimum Gasteiger partial charge on any atom is -0.488 e. The van der Waals surface area contributed by atoms with Gasteiger partial charge in [0.15, 0.2) is 0 Å². The number of nitrogens with zero attached hydrogens (tertiary/aromatic N) is 2. The number of anilines is 1. The van der Waals surface area contributed by atoms with Crippen molar-refractivity contribution >= 4 is 17.5 Å². The quantitative estimate of drug-likeness (QED) is 0.558. The molecule has 1 saturated heterocycles. The van der Waals surface area contributed by atoms with Crippen molar-refractivity contribution in [3.05, 3.63) is 78.4 Å². The first kappa shape index (κ1) is 21.6. The van der Waals surface area contributed by atoms with Crippen molar-refractivity contribution in [3.63, 3.8) is 0 Å². The number of nitrogens with one attached hydrogen (secondary N) is 2. The highest BCUT2D eigenvalue weighted by atomic mass is 16.5. The molecule has 2 N–H and O–H groups in total. The SMILES string of the molecule is Cn1ccnc1C[C@@H](NC(=O)C(=O)Nc1ccc(O[C@@H]2CCOC2)cc1)c1ccccc1. The van der Waals surface area contributed by atoms with Gasteiger partial charge in [-0.2, -0.15) is 0 Å². The van der Waals surface area contributed by atoms with Gasteiger partial charge in [-0.25, -0.2) is 4.98 Å². The zero-order chi connectivity index (χ0) is 22.3. The Labute approximate surface area is 186 Å². The first-order valence-electron chi connectivity index (χ1n) is 10.6. The van der Waals surface area contributed by atoms with Crippen molar-refractivity contribution in [2.45, 2.75) is 25.0 Å². The number of aryl methyl sites for hydroxylation is 1. The first-order valence-corrected chi connectivity index (χ1v) is 10.6. The van der Waals surface area contributed by atoms with E-state index in [1.54, 1.807) is 30.5 Å². The van der Waals surface area contributed by atoms with Gasteiger partial charge in [-0.05, 0) is 29.8 Å². The van der Waals surface area contributed by atoms with Gasteiger partial charge in [-0.1, -0.05) is 30.3 Å². The number of hydrogen-bond acceptors (Lipinski definition) is 5. The maximum absolute atomic E-state index is 12.7. The topological polar surface area (TPSA) is 94.5 Å². The Kier molecular flexibility index (Phi) is 6.81. The van der Waals surface area contributed by atoms with E-state index in [4.69, 9.17) is 9.47 Å². The molecular weight excluding hydrogens is 408 g/mol. The van der Waals surface area contributed by atoms with E-state index < -0.39 is 11.8 Å². The average Bonchev–Trinajstić information content (AvgIpc) is 3.47. The summed E-state index contributed by atoms with van der Waals surface area (Å²) in [7, 11) is 1.89. The molecule has 3 aromatic rings. The van der Waals surface area contributed by atoms with Crippen LogP contribution < -0.4 is 15.4 Å². The molecule has 4 rings (SSSR count). The van der Waals surface area contributed by atoms with Crippen molar-refractivity contribution in [2.75, 3.05) is 18.5 Å². The Morgan fingerprint density at radius 2 is 1.94 bits per heavy atom. The fourth-order valence-corrected chi connectivity index (χ4v) is 3.54. The highest BCUT2D eigenvalue weighted by molar-refractivity contribution is 6.39. The Hall–Kier alpha value is -3.65. The first-order chi connectivity index (χ1) is 15.6. The van der Waals surface area contributed by atoms with E-state index in [0.717, 1.165) is 17.8 Å². The van der Waals surface area contributed by atoms with Gasteiger partial charge < -0.3 is 24.7 Å². The van der Waals surface area contributed by atoms with E-state index in [-0.39, 0.29) is 12.1 Å². The molecule has 1 aliphatic heterocycles. The number of hydrogen-bond donors (Lipinski definition) is 2. The third-order valence-electron chi connectivity index (χ3n) is 5.32. The van der Waals surface area contributed by atoms with Crippen LogP contribution in [0.25, 0.3) is 0 Å². The third-order valence-corrected chi connectivity index (χ3v) is 5.32. The fraction of sp³-hybridized carbons (Fsp3) is 0.292. The molecule has 1 aromatic heterocycles. The van der Waals surface area contributed by atoms with Crippen molar-refractivity contribution in [1.29, 1.82) is 0 Å². The lowest BCUT2D eigenvalue weighted by atomic mass is 10.0. The monoisotopic (exact) mass is 434 g/mol. The molecule has 0 radical (unpaired) electrons. The van der Waals surface area contributed by atoms with Gasteiger partial charge in [0.05, 0.1) is 19.3 Å². The highest BCUT2D eigenvalue weighted by Gasteiger charge is 2.22. The van der Waals surface area contributed by atoms with E-state index in [1.165, 1.54) is 0 Å². The van der Waals surface area contributed by atoms with Crippen LogP contribution in [-0.2, 0) is 27.8 Å². The Balaban J connectivity index is 1.38. The average molecular weight is 434 g/mol. The maximum atomic E-state index is 12.7. The summed E-state index contributed by atoms with van der Waals surface area (Å²) in [5.74, 6) is 0.0603. The Bertz CT molecular complexity index is 1040. The highest BCUT2D eigenvalue weighted by Crippen LogP contribution is 2.20. The molecule has 2 heterocycles. The lowest BCUT2D eigenvalue weighted by Gasteiger charge is -2.19. The molecule has 0 spiro atoms. The number of ether oxygens (including phenoxy) is 2. The summed E-state index contributed by atoms with van der Waals surface area (Å²) >= 11 is 0. The van der Waals surface area contributed by atoms with Crippen molar-refractivity contribution in [1.82, 2.24) is 14.9 Å². The molecule has 0 saturated carbocycles. The van der Waals surface area contributed by atoms with Crippen LogP contribution in [0.5, 0.6) is 5.75 Å². The largest absolute Gasteiger partial charge is 0.488 e. The van der Waals surface area contributed by atoms with Gasteiger partial charge in [-0.3, -0.25) is 9.59 Å². The fourth-order valence-electron chi connectivity index (χ4n) is 3.54. The summed E-state index contributed by atoms with van der Waals surface area (Å²) < 4.78 is 13.0. The molecule has 2 aromatic carbocycles. The van der Waals surface area contributed by atoms with Crippen LogP contribution in [0.15, 0.2) is 67.0 Å². The predicted molar refractivity (Wildman–Crippen MR) is 119 cm³/mol. The molecule has 32 heavy (non-hydrogen) atoms. The molecular formula is C24H26N4O4. The summed E-state index contributed by atoms with van der Waals surface area (Å²) in [4.78, 5) is 29.5. The number of aromatic nitrogens is 2. The van der Waals surface area contributed by atoms with E-state index in [9.17, 15) is 9.59 Å². The van der Waals surface area contributed by atoms with Gasteiger partial charge in [0, 0.05) is 38.0 Å². The third kappa shape index (κ3) is 5.53. The number of carbonyl (C=O) groups excluding carboxylic acids is 2. The Morgan fingerprint density at radius 3 is 2.59 bits per heavy atom. The van der Waals surface area contributed by atoms with Crippen molar-refractivity contribution in [2.24, 2.45) is 7.05 Å². The molecule has 2 amide bonds. The summed E-state index contributed by atoms with van der Waals surface area (Å²) in [5.41, 5.74) is 1.41. The summed E-state index contributed by atoms with van der Waals surface area (Å²) in [6.45, 7) is 1.29.